The van der Waals surface area contributed by atoms with Crippen molar-refractivity contribution in [2.45, 2.75) is 11.4 Å². The average molecular weight is 515 g/mol. The lowest BCUT2D eigenvalue weighted by atomic mass is 10.1. The van der Waals surface area contributed by atoms with E-state index in [4.69, 9.17) is 4.74 Å². The van der Waals surface area contributed by atoms with Crippen LogP contribution in [-0.4, -0.2) is 36.6 Å². The molecule has 0 N–H and O–H groups in total. The first-order chi connectivity index (χ1) is 17.8. The van der Waals surface area contributed by atoms with Crippen LogP contribution in [0.25, 0.3) is 22.2 Å². The predicted molar refractivity (Wildman–Crippen MR) is 140 cm³/mol. The van der Waals surface area contributed by atoms with Crippen molar-refractivity contribution < 1.29 is 22.3 Å². The zero-order valence-electron chi connectivity index (χ0n) is 20.0. The fraction of sp³-hybridized carbons (Fsp3) is 0.103. The van der Waals surface area contributed by atoms with Gasteiger partial charge in [-0.1, -0.05) is 42.5 Å². The third-order valence-corrected chi connectivity index (χ3v) is 7.68. The number of halogens is 1. The normalized spacial score (nSPS) is 11.5. The molecule has 0 unspecified atom stereocenters. The Kier molecular flexibility index (Phi) is 6.58. The van der Waals surface area contributed by atoms with E-state index in [2.05, 4.69) is 15.6 Å². The predicted octanol–water partition coefficient (Wildman–Crippen LogP) is 5.56. The molecule has 0 atom stereocenters. The molecular formula is C29H23FN2O4S. The summed E-state index contributed by atoms with van der Waals surface area (Å²) in [4.78, 5) is 17.1. The van der Waals surface area contributed by atoms with Gasteiger partial charge in [0, 0.05) is 16.6 Å². The Hall–Kier alpha value is -4.30. The highest BCUT2D eigenvalue weighted by atomic mass is 32.2. The molecule has 0 saturated carbocycles. The lowest BCUT2D eigenvalue weighted by Gasteiger charge is -2.12. The monoisotopic (exact) mass is 514 g/mol. The summed E-state index contributed by atoms with van der Waals surface area (Å²) in [6, 6.07) is 27.4. The summed E-state index contributed by atoms with van der Waals surface area (Å²) in [7, 11) is -2.40. The summed E-state index contributed by atoms with van der Waals surface area (Å²) in [6.45, 7) is 0.359. The fourth-order valence-corrected chi connectivity index (χ4v) is 5.51. The Labute approximate surface area is 213 Å². The number of methoxy groups -OCH3 is 1. The third kappa shape index (κ3) is 5.15. The molecule has 186 valence electrons. The first kappa shape index (κ1) is 24.4. The smallest absolute Gasteiger partial charge is 0.196 e. The van der Waals surface area contributed by atoms with Gasteiger partial charge in [0.15, 0.2) is 15.6 Å². The number of ether oxygens (including phenoxy) is 1. The van der Waals surface area contributed by atoms with E-state index in [1.807, 2.05) is 48.5 Å². The van der Waals surface area contributed by atoms with Crippen molar-refractivity contribution in [3.8, 4) is 17.0 Å². The summed E-state index contributed by atoms with van der Waals surface area (Å²) in [5, 5.41) is 0.992. The van der Waals surface area contributed by atoms with E-state index in [0.29, 0.717) is 12.2 Å². The van der Waals surface area contributed by atoms with Crippen LogP contribution in [0, 0.1) is 5.82 Å². The maximum atomic E-state index is 13.5. The molecule has 0 aliphatic rings. The molecule has 0 amide bonds. The zero-order valence-corrected chi connectivity index (χ0v) is 20.8. The quantitative estimate of drug-likeness (QED) is 0.254. The van der Waals surface area contributed by atoms with Crippen LogP contribution in [0.2, 0.25) is 0 Å². The maximum absolute atomic E-state index is 13.5. The van der Waals surface area contributed by atoms with Gasteiger partial charge < -0.3 is 9.30 Å². The topological polar surface area (TPSA) is 78.3 Å². The van der Waals surface area contributed by atoms with Crippen molar-refractivity contribution >= 4 is 26.5 Å². The number of sulfone groups is 1. The lowest BCUT2D eigenvalue weighted by molar-refractivity contribution is 0.101. The van der Waals surface area contributed by atoms with Crippen LogP contribution in [0.3, 0.4) is 0 Å². The van der Waals surface area contributed by atoms with E-state index >= 15 is 0 Å². The molecular weight excluding hydrogens is 491 g/mol. The molecule has 2 aromatic heterocycles. The molecule has 5 rings (SSSR count). The number of nitrogens with zero attached hydrogens (tertiary/aromatic N) is 2. The molecule has 0 bridgehead atoms. The Balaban J connectivity index is 1.48. The SMILES string of the molecule is COc1ccc2c(c1)cc(-c1ccccc1)n2Cc1cccc(C(=O)CS(=O)(=O)c2cccc(F)c2)n1. The number of Topliss-reactive ketones (excluding diaryl/α,β-unsaturated/α-hetero) is 1. The van der Waals surface area contributed by atoms with Crippen molar-refractivity contribution in [1.82, 2.24) is 9.55 Å². The van der Waals surface area contributed by atoms with Crippen LogP contribution >= 0.6 is 0 Å². The van der Waals surface area contributed by atoms with E-state index in [1.54, 1.807) is 19.2 Å². The number of hydrogen-bond acceptors (Lipinski definition) is 5. The largest absolute Gasteiger partial charge is 0.497 e. The second kappa shape index (κ2) is 9.99. The summed E-state index contributed by atoms with van der Waals surface area (Å²) in [5.74, 6) is -1.39. The Morgan fingerprint density at radius 3 is 2.46 bits per heavy atom. The van der Waals surface area contributed by atoms with Crippen LogP contribution in [0.4, 0.5) is 4.39 Å². The van der Waals surface area contributed by atoms with Crippen LogP contribution < -0.4 is 4.74 Å². The van der Waals surface area contributed by atoms with Crippen molar-refractivity contribution in [3.63, 3.8) is 0 Å². The van der Waals surface area contributed by atoms with Crippen molar-refractivity contribution in [2.75, 3.05) is 12.9 Å². The molecule has 0 aliphatic carbocycles. The number of fused-ring (bicyclic) bond motifs is 1. The van der Waals surface area contributed by atoms with Crippen LogP contribution in [0.1, 0.15) is 16.2 Å². The number of hydrogen-bond donors (Lipinski definition) is 0. The molecule has 5 aromatic rings. The van der Waals surface area contributed by atoms with Gasteiger partial charge in [-0.3, -0.25) is 4.79 Å². The second-order valence-electron chi connectivity index (χ2n) is 8.56. The first-order valence-electron chi connectivity index (χ1n) is 11.5. The number of aromatic nitrogens is 2. The third-order valence-electron chi connectivity index (χ3n) is 6.07. The minimum absolute atomic E-state index is 0.0388. The van der Waals surface area contributed by atoms with Crippen LogP contribution in [0.15, 0.2) is 102 Å². The van der Waals surface area contributed by atoms with Crippen molar-refractivity contribution in [3.05, 3.63) is 114 Å². The van der Waals surface area contributed by atoms with Crippen LogP contribution in [0.5, 0.6) is 5.75 Å². The first-order valence-corrected chi connectivity index (χ1v) is 13.2. The number of benzene rings is 3. The number of rotatable bonds is 8. The molecule has 2 heterocycles. The molecule has 0 fully saturated rings. The Morgan fingerprint density at radius 2 is 1.70 bits per heavy atom. The highest BCUT2D eigenvalue weighted by molar-refractivity contribution is 7.92. The summed E-state index contributed by atoms with van der Waals surface area (Å²) in [5.41, 5.74) is 3.59. The van der Waals surface area contributed by atoms with Crippen molar-refractivity contribution in [2.24, 2.45) is 0 Å². The number of carbonyl (C=O) groups is 1. The second-order valence-corrected chi connectivity index (χ2v) is 10.5. The van der Waals surface area contributed by atoms with Gasteiger partial charge in [0.25, 0.3) is 0 Å². The molecule has 0 saturated heterocycles. The van der Waals surface area contributed by atoms with E-state index in [-0.39, 0.29) is 10.6 Å². The van der Waals surface area contributed by atoms with E-state index in [9.17, 15) is 17.6 Å². The maximum Gasteiger partial charge on any atom is 0.196 e. The molecule has 0 aliphatic heterocycles. The summed E-state index contributed by atoms with van der Waals surface area (Å²) >= 11 is 0. The standard InChI is InChI=1S/C29H23FN2O4S/c1-36-24-13-14-27-21(15-24)16-28(20-7-3-2-4-8-20)32(27)18-23-10-6-12-26(31-23)29(33)19-37(34,35)25-11-5-9-22(30)17-25/h2-17H,18-19H2,1H3. The van der Waals surface area contributed by atoms with Gasteiger partial charge in [-0.15, -0.1) is 0 Å². The minimum atomic E-state index is -4.02. The zero-order chi connectivity index (χ0) is 26.0. The van der Waals surface area contributed by atoms with Crippen molar-refractivity contribution in [1.29, 1.82) is 0 Å². The van der Waals surface area contributed by atoms with Gasteiger partial charge in [0.2, 0.25) is 0 Å². The molecule has 37 heavy (non-hydrogen) atoms. The number of carbonyl (C=O) groups excluding carboxylic acids is 1. The molecule has 3 aromatic carbocycles. The number of ketones is 1. The average Bonchev–Trinajstić information content (AvgIpc) is 3.26. The molecule has 8 heteroatoms. The van der Waals surface area contributed by atoms with Crippen LogP contribution in [-0.2, 0) is 16.4 Å². The van der Waals surface area contributed by atoms with Gasteiger partial charge >= 0.3 is 0 Å². The van der Waals surface area contributed by atoms with Gasteiger partial charge in [-0.25, -0.2) is 17.8 Å². The molecule has 6 nitrogen and oxygen atoms in total. The highest BCUT2D eigenvalue weighted by Crippen LogP contribution is 2.31. The Bertz CT molecular complexity index is 1710. The molecule has 0 radical (unpaired) electrons. The van der Waals surface area contributed by atoms with Gasteiger partial charge in [-0.05, 0) is 60.2 Å². The minimum Gasteiger partial charge on any atom is -0.497 e. The summed E-state index contributed by atoms with van der Waals surface area (Å²) < 4.78 is 46.4. The van der Waals surface area contributed by atoms with E-state index in [1.165, 1.54) is 18.2 Å². The number of pyridine rings is 1. The van der Waals surface area contributed by atoms with Gasteiger partial charge in [-0.2, -0.15) is 0 Å². The van der Waals surface area contributed by atoms with E-state index in [0.717, 1.165) is 40.0 Å². The van der Waals surface area contributed by atoms with Gasteiger partial charge in [0.1, 0.15) is 23.0 Å². The summed E-state index contributed by atoms with van der Waals surface area (Å²) in [6.07, 6.45) is 0. The highest BCUT2D eigenvalue weighted by Gasteiger charge is 2.22. The molecule has 0 spiro atoms. The lowest BCUT2D eigenvalue weighted by Crippen LogP contribution is -2.18. The van der Waals surface area contributed by atoms with E-state index < -0.39 is 27.2 Å². The van der Waals surface area contributed by atoms with Gasteiger partial charge in [0.05, 0.1) is 24.2 Å². The fourth-order valence-electron chi connectivity index (χ4n) is 4.27. The Morgan fingerprint density at radius 1 is 0.919 bits per heavy atom.